The topological polar surface area (TPSA) is 106 Å². The zero-order valence-electron chi connectivity index (χ0n) is 14.0. The summed E-state index contributed by atoms with van der Waals surface area (Å²) in [6, 6.07) is 0. The molecule has 1 aliphatic heterocycles. The summed E-state index contributed by atoms with van der Waals surface area (Å²) in [5.41, 5.74) is 0. The number of rotatable bonds is 7. The Labute approximate surface area is 140 Å². The van der Waals surface area contributed by atoms with Crippen LogP contribution >= 0.6 is 7.60 Å². The van der Waals surface area contributed by atoms with Gasteiger partial charge in [0.25, 0.3) is 5.28 Å². The lowest BCUT2D eigenvalue weighted by atomic mass is 10.0. The van der Waals surface area contributed by atoms with Crippen LogP contribution in [0.15, 0.2) is 18.7 Å². The van der Waals surface area contributed by atoms with Crippen molar-refractivity contribution >= 4 is 19.9 Å². The number of carbonyl (C=O) groups is 1. The fraction of sp³-hybridized carbons (Fsp3) is 0.643. The van der Waals surface area contributed by atoms with Crippen LogP contribution in [0.2, 0.25) is 0 Å². The van der Waals surface area contributed by atoms with Crippen molar-refractivity contribution in [3.05, 3.63) is 23.9 Å². The van der Waals surface area contributed by atoms with E-state index in [-0.39, 0.29) is 19.8 Å². The summed E-state index contributed by atoms with van der Waals surface area (Å²) in [6.07, 6.45) is 5.27. The third-order valence-corrected chi connectivity index (χ3v) is 6.92. The van der Waals surface area contributed by atoms with Crippen molar-refractivity contribution in [2.75, 3.05) is 19.8 Å². The molecule has 1 aliphatic rings. The number of ether oxygens (including phenoxy) is 1. The first-order chi connectivity index (χ1) is 11.4. The minimum atomic E-state index is -3.74. The molecule has 0 radical (unpaired) electrons. The van der Waals surface area contributed by atoms with E-state index in [1.54, 1.807) is 13.8 Å². The van der Waals surface area contributed by atoms with E-state index in [0.717, 1.165) is 0 Å². The van der Waals surface area contributed by atoms with Gasteiger partial charge in [-0.2, -0.15) is 4.74 Å². The summed E-state index contributed by atoms with van der Waals surface area (Å²) in [7, 11) is -3.74. The van der Waals surface area contributed by atoms with Gasteiger partial charge in [0.1, 0.15) is 12.9 Å². The summed E-state index contributed by atoms with van der Waals surface area (Å²) >= 11 is 0. The zero-order chi connectivity index (χ0) is 17.8. The van der Waals surface area contributed by atoms with Crippen LogP contribution < -0.4 is 0 Å². The summed E-state index contributed by atoms with van der Waals surface area (Å²) in [5, 5.41) is 10.9. The molecule has 0 aliphatic carbocycles. The van der Waals surface area contributed by atoms with Gasteiger partial charge in [0, 0.05) is 25.7 Å². The van der Waals surface area contributed by atoms with Crippen molar-refractivity contribution in [3.63, 3.8) is 0 Å². The molecule has 0 bridgehead atoms. The van der Waals surface area contributed by atoms with Crippen LogP contribution in [-0.4, -0.2) is 51.7 Å². The van der Waals surface area contributed by atoms with Gasteiger partial charge >= 0.3 is 13.7 Å². The Kier molecular flexibility index (Phi) is 5.79. The standard InChI is InChI=1S/C14H22N3O6P/c1-4-22-24(20,23-5-2)14(3)12(6-8-17(14)19)10-21-13(18)16-9-7-15-11-16/h7-9,11-12H,4-6,10H2,1-3H3/t12-,14-/m1/s1. The average molecular weight is 359 g/mol. The van der Waals surface area contributed by atoms with Crippen LogP contribution in [0.5, 0.6) is 0 Å². The van der Waals surface area contributed by atoms with E-state index in [1.807, 2.05) is 0 Å². The van der Waals surface area contributed by atoms with Crippen LogP contribution in [0.3, 0.4) is 0 Å². The van der Waals surface area contributed by atoms with Crippen LogP contribution in [0, 0.1) is 11.1 Å². The summed E-state index contributed by atoms with van der Waals surface area (Å²) in [5.74, 6) is -0.522. The van der Waals surface area contributed by atoms with Gasteiger partial charge in [-0.05, 0) is 13.8 Å². The number of hydrogen-bond donors (Lipinski definition) is 0. The fourth-order valence-corrected chi connectivity index (χ4v) is 4.86. The van der Waals surface area contributed by atoms with Gasteiger partial charge in [0.15, 0.2) is 6.21 Å². The highest BCUT2D eigenvalue weighted by atomic mass is 31.2. The first-order valence-electron chi connectivity index (χ1n) is 7.73. The molecule has 1 aromatic rings. The molecule has 0 fully saturated rings. The number of aromatic nitrogens is 2. The second-order valence-electron chi connectivity index (χ2n) is 5.41. The van der Waals surface area contributed by atoms with Crippen molar-refractivity contribution in [1.29, 1.82) is 0 Å². The largest absolute Gasteiger partial charge is 0.623 e. The van der Waals surface area contributed by atoms with Gasteiger partial charge < -0.3 is 19.0 Å². The van der Waals surface area contributed by atoms with Crippen LogP contribution in [0.25, 0.3) is 0 Å². The molecule has 0 aromatic carbocycles. The van der Waals surface area contributed by atoms with E-state index >= 15 is 0 Å². The molecule has 0 N–H and O–H groups in total. The number of nitrogens with zero attached hydrogens (tertiary/aromatic N) is 3. The molecule has 9 nitrogen and oxygen atoms in total. The molecular formula is C14H22N3O6P. The Hall–Kier alpha value is -1.70. The summed E-state index contributed by atoms with van der Waals surface area (Å²) < 4.78 is 30.9. The van der Waals surface area contributed by atoms with Gasteiger partial charge in [-0.3, -0.25) is 4.57 Å². The lowest BCUT2D eigenvalue weighted by Gasteiger charge is -2.34. The lowest BCUT2D eigenvalue weighted by molar-refractivity contribution is -0.515. The fourth-order valence-electron chi connectivity index (χ4n) is 2.63. The van der Waals surface area contributed by atoms with Gasteiger partial charge in [0.2, 0.25) is 0 Å². The molecule has 2 rings (SSSR count). The van der Waals surface area contributed by atoms with E-state index in [0.29, 0.717) is 11.2 Å². The molecule has 10 heteroatoms. The maximum Gasteiger partial charge on any atom is 0.419 e. The monoisotopic (exact) mass is 359 g/mol. The smallest absolute Gasteiger partial charge is 0.419 e. The maximum atomic E-state index is 13.2. The number of hydrogen-bond acceptors (Lipinski definition) is 7. The molecule has 0 saturated heterocycles. The SMILES string of the molecule is CCOP(=O)(OCC)[C@]1(C)[C@@H](COC(=O)n2ccnc2)CC=[N+]1[O-]. The second kappa shape index (κ2) is 7.46. The van der Waals surface area contributed by atoms with Crippen molar-refractivity contribution in [3.8, 4) is 0 Å². The molecule has 0 spiro atoms. The first-order valence-corrected chi connectivity index (χ1v) is 9.27. The predicted octanol–water partition coefficient (Wildman–Crippen LogP) is 2.45. The summed E-state index contributed by atoms with van der Waals surface area (Å²) in [6.45, 7) is 5.07. The van der Waals surface area contributed by atoms with E-state index in [1.165, 1.54) is 36.4 Å². The van der Waals surface area contributed by atoms with Gasteiger partial charge in [-0.1, -0.05) is 0 Å². The number of hydroxylamine groups is 1. The molecule has 2 atom stereocenters. The van der Waals surface area contributed by atoms with E-state index in [2.05, 4.69) is 4.98 Å². The molecule has 134 valence electrons. The molecule has 0 amide bonds. The Morgan fingerprint density at radius 3 is 2.67 bits per heavy atom. The van der Waals surface area contributed by atoms with Crippen LogP contribution in [0.1, 0.15) is 27.2 Å². The molecule has 0 unspecified atom stereocenters. The maximum absolute atomic E-state index is 13.2. The highest BCUT2D eigenvalue weighted by Gasteiger charge is 2.63. The Balaban J connectivity index is 2.17. The highest BCUT2D eigenvalue weighted by molar-refractivity contribution is 7.55. The first kappa shape index (κ1) is 18.6. The van der Waals surface area contributed by atoms with E-state index < -0.39 is 24.9 Å². The van der Waals surface area contributed by atoms with E-state index in [4.69, 9.17) is 13.8 Å². The Bertz CT molecular complexity index is 637. The van der Waals surface area contributed by atoms with Gasteiger partial charge in [-0.25, -0.2) is 14.3 Å². The third kappa shape index (κ3) is 3.24. The number of imidazole rings is 1. The molecule has 1 aromatic heterocycles. The predicted molar refractivity (Wildman–Crippen MR) is 86.0 cm³/mol. The quantitative estimate of drug-likeness (QED) is 0.418. The molecule has 2 heterocycles. The van der Waals surface area contributed by atoms with Crippen molar-refractivity contribution in [1.82, 2.24) is 9.55 Å². The normalized spacial score (nSPS) is 24.0. The molecular weight excluding hydrogens is 337 g/mol. The number of carbonyl (C=O) groups excluding carboxylic acids is 1. The minimum absolute atomic E-state index is 0.0904. The van der Waals surface area contributed by atoms with Crippen molar-refractivity contribution in [2.24, 2.45) is 5.92 Å². The summed E-state index contributed by atoms with van der Waals surface area (Å²) in [4.78, 5) is 15.7. The minimum Gasteiger partial charge on any atom is -0.623 e. The van der Waals surface area contributed by atoms with Crippen molar-refractivity contribution < 1.29 is 27.9 Å². The van der Waals surface area contributed by atoms with Gasteiger partial charge in [-0.15, -0.1) is 0 Å². The Morgan fingerprint density at radius 2 is 2.12 bits per heavy atom. The molecule has 24 heavy (non-hydrogen) atoms. The Morgan fingerprint density at radius 1 is 1.46 bits per heavy atom. The van der Waals surface area contributed by atoms with Gasteiger partial charge in [0.05, 0.1) is 19.1 Å². The van der Waals surface area contributed by atoms with Crippen molar-refractivity contribution in [2.45, 2.75) is 32.5 Å². The van der Waals surface area contributed by atoms with Crippen LogP contribution in [-0.2, 0) is 18.3 Å². The zero-order valence-corrected chi connectivity index (χ0v) is 14.8. The van der Waals surface area contributed by atoms with Crippen LogP contribution in [0.4, 0.5) is 4.79 Å². The molecule has 0 saturated carbocycles. The highest BCUT2D eigenvalue weighted by Crippen LogP contribution is 2.64. The third-order valence-electron chi connectivity index (χ3n) is 4.05. The van der Waals surface area contributed by atoms with E-state index in [9.17, 15) is 14.6 Å². The average Bonchev–Trinajstić information content (AvgIpc) is 3.17. The second-order valence-corrected chi connectivity index (χ2v) is 7.83. The lowest BCUT2D eigenvalue weighted by Crippen LogP contribution is -2.42.